The average Bonchev–Trinajstić information content (AvgIpc) is 2.65. The van der Waals surface area contributed by atoms with Crippen LogP contribution < -0.4 is 10.1 Å². The molecule has 25 heavy (non-hydrogen) atoms. The molecule has 0 aliphatic heterocycles. The van der Waals surface area contributed by atoms with Crippen molar-refractivity contribution >= 4 is 22.4 Å². The Kier molecular flexibility index (Phi) is 5.42. The number of hydrogen-bond donors (Lipinski definition) is 1. The first-order valence-corrected chi connectivity index (χ1v) is 10.1. The zero-order valence-corrected chi connectivity index (χ0v) is 15.5. The van der Waals surface area contributed by atoms with E-state index < -0.39 is 0 Å². The molecule has 0 bridgehead atoms. The van der Waals surface area contributed by atoms with Gasteiger partial charge in [0.15, 0.2) is 0 Å². The van der Waals surface area contributed by atoms with Gasteiger partial charge in [0.1, 0.15) is 5.75 Å². The van der Waals surface area contributed by atoms with Crippen LogP contribution in [0, 0.1) is 0 Å². The van der Waals surface area contributed by atoms with E-state index in [0.29, 0.717) is 11.1 Å². The Morgan fingerprint density at radius 1 is 0.920 bits per heavy atom. The molecule has 2 aromatic rings. The lowest BCUT2D eigenvalue weighted by molar-refractivity contribution is 0.134. The van der Waals surface area contributed by atoms with Crippen molar-refractivity contribution in [2.45, 2.75) is 76.0 Å². The first-order chi connectivity index (χ1) is 12.3. The summed E-state index contributed by atoms with van der Waals surface area (Å²) in [6.45, 7) is 0. The fourth-order valence-corrected chi connectivity index (χ4v) is 4.52. The maximum Gasteiger partial charge on any atom is 0.138 e. The van der Waals surface area contributed by atoms with Crippen molar-refractivity contribution in [2.75, 3.05) is 0 Å². The van der Waals surface area contributed by atoms with E-state index in [1.807, 2.05) is 30.6 Å². The second-order valence-electron chi connectivity index (χ2n) is 7.60. The minimum atomic E-state index is 0.279. The largest absolute Gasteiger partial charge is 0.489 e. The molecule has 1 aromatic heterocycles. The van der Waals surface area contributed by atoms with Crippen LogP contribution in [0.15, 0.2) is 30.6 Å². The highest BCUT2D eigenvalue weighted by Gasteiger charge is 2.25. The summed E-state index contributed by atoms with van der Waals surface area (Å²) in [5.41, 5.74) is 0. The summed E-state index contributed by atoms with van der Waals surface area (Å²) in [6.07, 6.45) is 15.5. The molecule has 134 valence electrons. The van der Waals surface area contributed by atoms with Gasteiger partial charge in [0.05, 0.1) is 11.1 Å². The first kappa shape index (κ1) is 17.1. The van der Waals surface area contributed by atoms with Crippen molar-refractivity contribution in [3.05, 3.63) is 35.6 Å². The van der Waals surface area contributed by atoms with Crippen LogP contribution >= 0.6 is 11.6 Å². The summed E-state index contributed by atoms with van der Waals surface area (Å²) >= 11 is 6.41. The molecule has 2 saturated carbocycles. The maximum absolute atomic E-state index is 6.41. The number of rotatable bonds is 4. The lowest BCUT2D eigenvalue weighted by atomic mass is 9.89. The van der Waals surface area contributed by atoms with Gasteiger partial charge in [-0.1, -0.05) is 30.9 Å². The van der Waals surface area contributed by atoms with E-state index in [4.69, 9.17) is 16.3 Å². The van der Waals surface area contributed by atoms with Crippen LogP contribution in [0.3, 0.4) is 0 Å². The van der Waals surface area contributed by atoms with Gasteiger partial charge in [0.25, 0.3) is 0 Å². The highest BCUT2D eigenvalue weighted by Crippen LogP contribution is 2.33. The van der Waals surface area contributed by atoms with Crippen LogP contribution in [-0.4, -0.2) is 23.2 Å². The number of nitrogens with zero attached hydrogens (tertiary/aromatic N) is 1. The number of aromatic nitrogens is 1. The zero-order valence-electron chi connectivity index (χ0n) is 14.7. The maximum atomic E-state index is 6.41. The molecule has 1 N–H and O–H groups in total. The third kappa shape index (κ3) is 4.27. The van der Waals surface area contributed by atoms with Gasteiger partial charge in [-0.25, -0.2) is 0 Å². The number of halogens is 1. The van der Waals surface area contributed by atoms with Gasteiger partial charge >= 0.3 is 0 Å². The van der Waals surface area contributed by atoms with Gasteiger partial charge in [0.2, 0.25) is 0 Å². The van der Waals surface area contributed by atoms with E-state index in [2.05, 4.69) is 10.3 Å². The number of fused-ring (bicyclic) bond motifs is 1. The molecule has 1 aromatic carbocycles. The Hall–Kier alpha value is -1.32. The van der Waals surface area contributed by atoms with Crippen molar-refractivity contribution < 1.29 is 4.74 Å². The van der Waals surface area contributed by atoms with E-state index in [1.54, 1.807) is 0 Å². The van der Waals surface area contributed by atoms with Crippen LogP contribution in [0.1, 0.15) is 57.8 Å². The summed E-state index contributed by atoms with van der Waals surface area (Å²) in [6, 6.07) is 7.42. The Labute approximate surface area is 155 Å². The van der Waals surface area contributed by atoms with Crippen molar-refractivity contribution in [2.24, 2.45) is 0 Å². The molecule has 4 rings (SSSR count). The van der Waals surface area contributed by atoms with Crippen molar-refractivity contribution in [3.63, 3.8) is 0 Å². The highest BCUT2D eigenvalue weighted by molar-refractivity contribution is 6.32. The smallest absolute Gasteiger partial charge is 0.138 e. The average molecular weight is 359 g/mol. The first-order valence-electron chi connectivity index (χ1n) is 9.74. The Morgan fingerprint density at radius 2 is 1.68 bits per heavy atom. The molecule has 2 aliphatic rings. The number of hydrogen-bond acceptors (Lipinski definition) is 3. The number of nitrogens with one attached hydrogen (secondary N) is 1. The molecular formula is C21H27ClN2O. The van der Waals surface area contributed by atoms with Gasteiger partial charge in [-0.05, 0) is 62.1 Å². The molecule has 0 radical (unpaired) electrons. The second-order valence-corrected chi connectivity index (χ2v) is 8.01. The summed E-state index contributed by atoms with van der Waals surface area (Å²) in [5.74, 6) is 0.809. The van der Waals surface area contributed by atoms with Gasteiger partial charge in [-0.15, -0.1) is 0 Å². The number of ether oxygens (including phenoxy) is 1. The van der Waals surface area contributed by atoms with Crippen LogP contribution in [-0.2, 0) is 0 Å². The molecule has 0 amide bonds. The lowest BCUT2D eigenvalue weighted by Crippen LogP contribution is -2.42. The van der Waals surface area contributed by atoms with E-state index in [9.17, 15) is 0 Å². The number of benzene rings is 1. The van der Waals surface area contributed by atoms with Crippen molar-refractivity contribution in [1.82, 2.24) is 10.3 Å². The normalized spacial score (nSPS) is 25.2. The highest BCUT2D eigenvalue weighted by atomic mass is 35.5. The predicted octanol–water partition coefficient (Wildman–Crippen LogP) is 5.50. The van der Waals surface area contributed by atoms with Gasteiger partial charge in [0, 0.05) is 29.9 Å². The summed E-state index contributed by atoms with van der Waals surface area (Å²) < 4.78 is 6.25. The summed E-state index contributed by atoms with van der Waals surface area (Å²) in [4.78, 5) is 4.15. The molecule has 1 heterocycles. The molecule has 2 aliphatic carbocycles. The fraction of sp³-hybridized carbons (Fsp3) is 0.571. The van der Waals surface area contributed by atoms with E-state index in [1.165, 1.54) is 44.9 Å². The summed E-state index contributed by atoms with van der Waals surface area (Å²) in [7, 11) is 0. The molecule has 0 saturated heterocycles. The van der Waals surface area contributed by atoms with Crippen molar-refractivity contribution in [1.29, 1.82) is 0 Å². The minimum absolute atomic E-state index is 0.279. The van der Waals surface area contributed by atoms with Gasteiger partial charge < -0.3 is 10.1 Å². The predicted molar refractivity (Wildman–Crippen MR) is 103 cm³/mol. The Morgan fingerprint density at radius 3 is 2.48 bits per heavy atom. The molecule has 2 fully saturated rings. The SMILES string of the molecule is Clc1cc2cnccc2cc1OC1CCC(NC2CCCCC2)CC1. The van der Waals surface area contributed by atoms with Crippen LogP contribution in [0.5, 0.6) is 5.75 Å². The lowest BCUT2D eigenvalue weighted by Gasteiger charge is -2.33. The summed E-state index contributed by atoms with van der Waals surface area (Å²) in [5, 5.41) is 6.76. The topological polar surface area (TPSA) is 34.1 Å². The molecule has 3 nitrogen and oxygen atoms in total. The van der Waals surface area contributed by atoms with Crippen LogP contribution in [0.2, 0.25) is 5.02 Å². The zero-order chi connectivity index (χ0) is 17.1. The Balaban J connectivity index is 1.33. The van der Waals surface area contributed by atoms with E-state index in [0.717, 1.165) is 35.4 Å². The molecule has 0 atom stereocenters. The fourth-order valence-electron chi connectivity index (χ4n) is 4.31. The molecule has 4 heteroatoms. The minimum Gasteiger partial charge on any atom is -0.489 e. The standard InChI is InChI=1S/C21H27ClN2O/c22-20-12-16-14-23-11-10-15(16)13-21(20)25-19-8-6-18(7-9-19)24-17-4-2-1-3-5-17/h10-14,17-19,24H,1-9H2. The van der Waals surface area contributed by atoms with Crippen molar-refractivity contribution in [3.8, 4) is 5.75 Å². The molecular weight excluding hydrogens is 332 g/mol. The van der Waals surface area contributed by atoms with E-state index >= 15 is 0 Å². The second kappa shape index (κ2) is 7.92. The molecule has 0 unspecified atom stereocenters. The van der Waals surface area contributed by atoms with Crippen LogP contribution in [0.25, 0.3) is 10.8 Å². The third-order valence-electron chi connectivity index (χ3n) is 5.74. The van der Waals surface area contributed by atoms with E-state index in [-0.39, 0.29) is 6.10 Å². The Bertz CT molecular complexity index is 706. The van der Waals surface area contributed by atoms with Gasteiger partial charge in [-0.2, -0.15) is 0 Å². The monoisotopic (exact) mass is 358 g/mol. The van der Waals surface area contributed by atoms with Crippen LogP contribution in [0.4, 0.5) is 0 Å². The number of pyridine rings is 1. The van der Waals surface area contributed by atoms with Gasteiger partial charge in [-0.3, -0.25) is 4.98 Å². The third-order valence-corrected chi connectivity index (χ3v) is 6.03. The quantitative estimate of drug-likeness (QED) is 0.783. The molecule has 0 spiro atoms.